The van der Waals surface area contributed by atoms with Crippen LogP contribution in [0.3, 0.4) is 0 Å². The first-order valence-electron chi connectivity index (χ1n) is 14.9. The zero-order valence-corrected chi connectivity index (χ0v) is 25.3. The van der Waals surface area contributed by atoms with E-state index in [1.54, 1.807) is 0 Å². The van der Waals surface area contributed by atoms with Gasteiger partial charge in [0.1, 0.15) is 5.82 Å². The van der Waals surface area contributed by atoms with E-state index in [0.717, 1.165) is 68.9 Å². The highest BCUT2D eigenvalue weighted by Crippen LogP contribution is 2.42. The molecule has 0 saturated carbocycles. The van der Waals surface area contributed by atoms with E-state index < -0.39 is 8.32 Å². The summed E-state index contributed by atoms with van der Waals surface area (Å²) in [6.07, 6.45) is 10.1. The fourth-order valence-corrected chi connectivity index (χ4v) is 8.08. The minimum Gasteiger partial charge on any atom is -0.414 e. The lowest BCUT2D eigenvalue weighted by Gasteiger charge is -2.45. The number of morpholine rings is 1. The van der Waals surface area contributed by atoms with Gasteiger partial charge in [0.25, 0.3) is 0 Å². The second-order valence-electron chi connectivity index (χ2n) is 13.5. The molecule has 8 nitrogen and oxygen atoms in total. The molecule has 2 aromatic rings. The summed E-state index contributed by atoms with van der Waals surface area (Å²) >= 11 is 0. The number of ether oxygens (including phenoxy) is 2. The first-order valence-corrected chi connectivity index (χ1v) is 17.8. The largest absolute Gasteiger partial charge is 0.414 e. The van der Waals surface area contributed by atoms with Crippen molar-refractivity contribution in [2.24, 2.45) is 0 Å². The van der Waals surface area contributed by atoms with Crippen LogP contribution < -0.4 is 9.80 Å². The minimum absolute atomic E-state index is 0.0283. The molecule has 0 amide bonds. The van der Waals surface area contributed by atoms with Crippen molar-refractivity contribution in [1.29, 1.82) is 0 Å². The van der Waals surface area contributed by atoms with Gasteiger partial charge in [-0.3, -0.25) is 0 Å². The van der Waals surface area contributed by atoms with Crippen molar-refractivity contribution in [3.05, 3.63) is 12.3 Å². The molecule has 0 aliphatic carbocycles. The van der Waals surface area contributed by atoms with Gasteiger partial charge in [0.15, 0.2) is 20.2 Å². The molecule has 4 saturated heterocycles. The third-order valence-electron chi connectivity index (χ3n) is 9.87. The van der Waals surface area contributed by atoms with E-state index in [0.29, 0.717) is 24.2 Å². The summed E-state index contributed by atoms with van der Waals surface area (Å²) in [7, 11) is -1.80. The number of anilines is 2. The average Bonchev–Trinajstić information content (AvgIpc) is 3.41. The Hall–Kier alpha value is -1.68. The zero-order valence-electron chi connectivity index (χ0n) is 24.3. The first-order chi connectivity index (χ1) is 18.1. The average molecular weight is 542 g/mol. The van der Waals surface area contributed by atoms with E-state index in [9.17, 15) is 0 Å². The molecule has 0 aromatic carbocycles. The summed E-state index contributed by atoms with van der Waals surface area (Å²) in [5.74, 6) is 1.08. The van der Waals surface area contributed by atoms with E-state index in [1.165, 1.54) is 24.9 Å². The van der Waals surface area contributed by atoms with Gasteiger partial charge in [0.05, 0.1) is 42.6 Å². The van der Waals surface area contributed by atoms with Crippen molar-refractivity contribution in [2.45, 2.75) is 121 Å². The molecule has 210 valence electrons. The molecule has 9 heteroatoms. The summed E-state index contributed by atoms with van der Waals surface area (Å²) < 4.78 is 21.0. The Bertz CT molecular complexity index is 1130. The lowest BCUT2D eigenvalue weighted by Crippen LogP contribution is -2.50. The third-order valence-corrected chi connectivity index (χ3v) is 14.4. The molecule has 38 heavy (non-hydrogen) atoms. The Morgan fingerprint density at radius 1 is 1.05 bits per heavy atom. The predicted octanol–water partition coefficient (Wildman–Crippen LogP) is 5.88. The molecule has 6 rings (SSSR count). The third kappa shape index (κ3) is 4.77. The van der Waals surface area contributed by atoms with Gasteiger partial charge in [0, 0.05) is 31.4 Å². The van der Waals surface area contributed by atoms with Crippen LogP contribution in [0, 0.1) is 0 Å². The van der Waals surface area contributed by atoms with Crippen molar-refractivity contribution in [3.8, 4) is 0 Å². The van der Waals surface area contributed by atoms with Gasteiger partial charge in [-0.05, 0) is 70.0 Å². The Kier molecular flexibility index (Phi) is 7.02. The molecule has 6 heterocycles. The molecule has 0 spiro atoms. The summed E-state index contributed by atoms with van der Waals surface area (Å²) in [6, 6.07) is 3.55. The fraction of sp³-hybridized carbons (Fsp3) is 0.793. The Morgan fingerprint density at radius 3 is 2.47 bits per heavy atom. The molecule has 2 aromatic heterocycles. The maximum atomic E-state index is 6.87. The van der Waals surface area contributed by atoms with Crippen LogP contribution in [-0.2, 0) is 13.9 Å². The standard InChI is InChI=1S/C29H47N5O3Si/c1-20-15-23(37-38(5,6)29(2,3)4)12-13-32(20)25-16-26(33-21-10-11-22(33)19-35-18-21)31-28-24(25)17-30-34(28)27-9-7-8-14-36-27/h16-17,20-23,27H,7-15,18-19H2,1-6H3/t20-,21?,22?,23?,27?/m1/s1. The van der Waals surface area contributed by atoms with Gasteiger partial charge >= 0.3 is 0 Å². The van der Waals surface area contributed by atoms with E-state index in [-0.39, 0.29) is 11.3 Å². The van der Waals surface area contributed by atoms with Crippen LogP contribution in [0.1, 0.15) is 78.9 Å². The van der Waals surface area contributed by atoms with Crippen molar-refractivity contribution >= 4 is 30.9 Å². The summed E-state index contributed by atoms with van der Waals surface area (Å²) in [5, 5.41) is 6.24. The monoisotopic (exact) mass is 541 g/mol. The zero-order chi connectivity index (χ0) is 26.7. The maximum Gasteiger partial charge on any atom is 0.192 e. The van der Waals surface area contributed by atoms with E-state index in [4.69, 9.17) is 24.0 Å². The van der Waals surface area contributed by atoms with Crippen LogP contribution in [0.15, 0.2) is 12.3 Å². The molecule has 5 atom stereocenters. The highest BCUT2D eigenvalue weighted by molar-refractivity contribution is 6.74. The van der Waals surface area contributed by atoms with Crippen LogP contribution in [0.25, 0.3) is 11.0 Å². The number of fused-ring (bicyclic) bond motifs is 3. The quantitative estimate of drug-likeness (QED) is 0.438. The summed E-state index contributed by atoms with van der Waals surface area (Å²) in [5.41, 5.74) is 2.22. The SMILES string of the molecule is C[C@@H]1CC(O[Si](C)(C)C(C)(C)C)CCN1c1cc(N2C3CCC2COC3)nc2c1cnn2C1CCCCO1. The second-order valence-corrected chi connectivity index (χ2v) is 18.3. The lowest BCUT2D eigenvalue weighted by molar-refractivity contribution is -0.0370. The molecule has 4 aliphatic heterocycles. The molecule has 4 aliphatic rings. The highest BCUT2D eigenvalue weighted by Gasteiger charge is 2.42. The highest BCUT2D eigenvalue weighted by atomic mass is 28.4. The van der Waals surface area contributed by atoms with Crippen molar-refractivity contribution in [3.63, 3.8) is 0 Å². The van der Waals surface area contributed by atoms with Gasteiger partial charge in [-0.2, -0.15) is 5.10 Å². The number of pyridine rings is 1. The predicted molar refractivity (Wildman–Crippen MR) is 155 cm³/mol. The number of hydrogen-bond acceptors (Lipinski definition) is 7. The van der Waals surface area contributed by atoms with Crippen LogP contribution >= 0.6 is 0 Å². The lowest BCUT2D eigenvalue weighted by atomic mass is 9.99. The normalized spacial score (nSPS) is 30.8. The number of nitrogens with zero attached hydrogens (tertiary/aromatic N) is 5. The van der Waals surface area contributed by atoms with Crippen LogP contribution in [-0.4, -0.2) is 73.7 Å². The number of rotatable bonds is 5. The molecular formula is C29H47N5O3Si. The number of hydrogen-bond donors (Lipinski definition) is 0. The van der Waals surface area contributed by atoms with E-state index in [2.05, 4.69) is 61.3 Å². The van der Waals surface area contributed by atoms with Gasteiger partial charge in [-0.25, -0.2) is 9.67 Å². The van der Waals surface area contributed by atoms with E-state index in [1.807, 2.05) is 6.20 Å². The molecule has 0 N–H and O–H groups in total. The fourth-order valence-electron chi connectivity index (χ4n) is 6.68. The molecule has 4 unspecified atom stereocenters. The van der Waals surface area contributed by atoms with Crippen LogP contribution in [0.5, 0.6) is 0 Å². The maximum absolute atomic E-state index is 6.87. The summed E-state index contributed by atoms with van der Waals surface area (Å²) in [4.78, 5) is 10.4. The molecule has 2 bridgehead atoms. The Morgan fingerprint density at radius 2 is 1.82 bits per heavy atom. The van der Waals surface area contributed by atoms with Crippen LogP contribution in [0.2, 0.25) is 18.1 Å². The van der Waals surface area contributed by atoms with Gasteiger partial charge in [0.2, 0.25) is 0 Å². The summed E-state index contributed by atoms with van der Waals surface area (Å²) in [6.45, 7) is 17.5. The van der Waals surface area contributed by atoms with Crippen molar-refractivity contribution in [2.75, 3.05) is 36.2 Å². The molecule has 4 fully saturated rings. The molecule has 0 radical (unpaired) electrons. The Labute approximate surface area is 229 Å². The van der Waals surface area contributed by atoms with Gasteiger partial charge < -0.3 is 23.7 Å². The first kappa shape index (κ1) is 26.5. The van der Waals surface area contributed by atoms with Gasteiger partial charge in [-0.1, -0.05) is 20.8 Å². The van der Waals surface area contributed by atoms with Gasteiger partial charge in [-0.15, -0.1) is 0 Å². The van der Waals surface area contributed by atoms with Crippen LogP contribution in [0.4, 0.5) is 11.5 Å². The second kappa shape index (κ2) is 10.1. The number of piperidine rings is 1. The smallest absolute Gasteiger partial charge is 0.192 e. The Balaban J connectivity index is 1.34. The number of aromatic nitrogens is 3. The molecular weight excluding hydrogens is 494 g/mol. The van der Waals surface area contributed by atoms with E-state index >= 15 is 0 Å². The topological polar surface area (TPSA) is 64.9 Å². The minimum atomic E-state index is -1.80. The van der Waals surface area contributed by atoms with Crippen molar-refractivity contribution in [1.82, 2.24) is 14.8 Å². The van der Waals surface area contributed by atoms with Crippen molar-refractivity contribution < 1.29 is 13.9 Å².